The summed E-state index contributed by atoms with van der Waals surface area (Å²) < 4.78 is 5.41. The van der Waals surface area contributed by atoms with Crippen molar-refractivity contribution in [2.24, 2.45) is 0 Å². The van der Waals surface area contributed by atoms with Crippen molar-refractivity contribution in [3.63, 3.8) is 0 Å². The summed E-state index contributed by atoms with van der Waals surface area (Å²) in [4.78, 5) is 1.06. The average molecular weight is 212 g/mol. The van der Waals surface area contributed by atoms with Gasteiger partial charge in [-0.1, -0.05) is 11.8 Å². The van der Waals surface area contributed by atoms with Crippen LogP contribution in [0.1, 0.15) is 5.56 Å². The van der Waals surface area contributed by atoms with Gasteiger partial charge in [-0.2, -0.15) is 0 Å². The first kappa shape index (κ1) is 8.77. The van der Waals surface area contributed by atoms with Crippen LogP contribution in [0.3, 0.4) is 0 Å². The van der Waals surface area contributed by atoms with Gasteiger partial charge < -0.3 is 4.42 Å². The molecule has 0 amide bonds. The van der Waals surface area contributed by atoms with Gasteiger partial charge in [-0.25, -0.2) is 0 Å². The standard InChI is InChI=1S/C8H8N2OS2/c1-5-3-4-13-6(5)7-9-10-8(11-7)12-2/h3-4H,1-2H3. The fraction of sp³-hybridized carbons (Fsp3) is 0.250. The smallest absolute Gasteiger partial charge is 0.276 e. The molecule has 0 aliphatic heterocycles. The van der Waals surface area contributed by atoms with Gasteiger partial charge in [-0.05, 0) is 30.2 Å². The third-order valence-corrected chi connectivity index (χ3v) is 3.16. The molecule has 13 heavy (non-hydrogen) atoms. The van der Waals surface area contributed by atoms with E-state index in [0.717, 1.165) is 4.88 Å². The number of nitrogens with zero attached hydrogens (tertiary/aromatic N) is 2. The lowest BCUT2D eigenvalue weighted by Crippen LogP contribution is -1.74. The molecule has 0 saturated heterocycles. The number of aryl methyl sites for hydroxylation is 1. The van der Waals surface area contributed by atoms with E-state index in [2.05, 4.69) is 10.2 Å². The zero-order chi connectivity index (χ0) is 9.26. The lowest BCUT2D eigenvalue weighted by molar-refractivity contribution is 0.467. The van der Waals surface area contributed by atoms with Crippen molar-refractivity contribution < 1.29 is 4.42 Å². The highest BCUT2D eigenvalue weighted by Crippen LogP contribution is 2.29. The van der Waals surface area contributed by atoms with Gasteiger partial charge in [0.25, 0.3) is 11.1 Å². The van der Waals surface area contributed by atoms with Gasteiger partial charge >= 0.3 is 0 Å². The van der Waals surface area contributed by atoms with Crippen molar-refractivity contribution in [3.05, 3.63) is 17.0 Å². The molecule has 2 rings (SSSR count). The lowest BCUT2D eigenvalue weighted by atomic mass is 10.3. The van der Waals surface area contributed by atoms with E-state index in [1.54, 1.807) is 11.3 Å². The van der Waals surface area contributed by atoms with Crippen molar-refractivity contribution >= 4 is 23.1 Å². The Hall–Kier alpha value is -0.810. The van der Waals surface area contributed by atoms with Crippen LogP contribution in [-0.2, 0) is 0 Å². The molecule has 5 heteroatoms. The first-order chi connectivity index (χ1) is 6.31. The molecule has 2 heterocycles. The third kappa shape index (κ3) is 1.62. The molecule has 0 aromatic carbocycles. The van der Waals surface area contributed by atoms with Gasteiger partial charge in [0.05, 0.1) is 4.88 Å². The van der Waals surface area contributed by atoms with Gasteiger partial charge in [-0.15, -0.1) is 21.5 Å². The van der Waals surface area contributed by atoms with Crippen LogP contribution >= 0.6 is 23.1 Å². The van der Waals surface area contributed by atoms with E-state index in [9.17, 15) is 0 Å². The second-order valence-corrected chi connectivity index (χ2v) is 4.18. The van der Waals surface area contributed by atoms with E-state index in [0.29, 0.717) is 11.1 Å². The minimum Gasteiger partial charge on any atom is -0.410 e. The van der Waals surface area contributed by atoms with E-state index >= 15 is 0 Å². The van der Waals surface area contributed by atoms with Crippen LogP contribution in [0.5, 0.6) is 0 Å². The maximum Gasteiger partial charge on any atom is 0.276 e. The Morgan fingerprint density at radius 2 is 2.31 bits per heavy atom. The predicted octanol–water partition coefficient (Wildman–Crippen LogP) is 2.83. The maximum atomic E-state index is 5.41. The molecule has 3 nitrogen and oxygen atoms in total. The van der Waals surface area contributed by atoms with Gasteiger partial charge in [0.1, 0.15) is 0 Å². The molecule has 68 valence electrons. The van der Waals surface area contributed by atoms with Crippen molar-refractivity contribution in [3.8, 4) is 10.8 Å². The van der Waals surface area contributed by atoms with E-state index in [-0.39, 0.29) is 0 Å². The van der Waals surface area contributed by atoms with E-state index in [1.807, 2.05) is 24.6 Å². The van der Waals surface area contributed by atoms with Gasteiger partial charge in [0, 0.05) is 0 Å². The maximum absolute atomic E-state index is 5.41. The normalized spacial score (nSPS) is 10.6. The first-order valence-corrected chi connectivity index (χ1v) is 5.83. The highest BCUT2D eigenvalue weighted by molar-refractivity contribution is 7.98. The van der Waals surface area contributed by atoms with Gasteiger partial charge in [0.15, 0.2) is 0 Å². The summed E-state index contributed by atoms with van der Waals surface area (Å²) in [6, 6.07) is 2.04. The second kappa shape index (κ2) is 3.51. The summed E-state index contributed by atoms with van der Waals surface area (Å²) in [6.45, 7) is 2.04. The number of hydrogen-bond donors (Lipinski definition) is 0. The van der Waals surface area contributed by atoms with Crippen LogP contribution in [0.4, 0.5) is 0 Å². The molecule has 0 spiro atoms. The number of hydrogen-bond acceptors (Lipinski definition) is 5. The summed E-state index contributed by atoms with van der Waals surface area (Å²) in [7, 11) is 0. The van der Waals surface area contributed by atoms with Gasteiger partial charge in [0.2, 0.25) is 0 Å². The Kier molecular flexibility index (Phi) is 2.37. The van der Waals surface area contributed by atoms with Crippen LogP contribution in [0.2, 0.25) is 0 Å². The van der Waals surface area contributed by atoms with E-state index < -0.39 is 0 Å². The topological polar surface area (TPSA) is 38.9 Å². The SMILES string of the molecule is CSc1nnc(-c2sccc2C)o1. The number of aromatic nitrogens is 2. The summed E-state index contributed by atoms with van der Waals surface area (Å²) in [5.74, 6) is 0.622. The van der Waals surface area contributed by atoms with Crippen molar-refractivity contribution in [1.82, 2.24) is 10.2 Å². The zero-order valence-corrected chi connectivity index (χ0v) is 8.91. The summed E-state index contributed by atoms with van der Waals surface area (Å²) in [5.41, 5.74) is 1.18. The molecule has 0 unspecified atom stereocenters. The zero-order valence-electron chi connectivity index (χ0n) is 7.27. The Morgan fingerprint density at radius 3 is 2.85 bits per heavy atom. The van der Waals surface area contributed by atoms with Crippen LogP contribution in [-0.4, -0.2) is 16.5 Å². The number of rotatable bonds is 2. The molecule has 0 bridgehead atoms. The number of thioether (sulfide) groups is 1. The van der Waals surface area contributed by atoms with Crippen LogP contribution in [0, 0.1) is 6.92 Å². The van der Waals surface area contributed by atoms with Gasteiger partial charge in [-0.3, -0.25) is 0 Å². The molecule has 0 aliphatic rings. The molecule has 2 aromatic rings. The largest absolute Gasteiger partial charge is 0.410 e. The minimum atomic E-state index is 0.614. The Labute approximate surface area is 84.2 Å². The molecule has 0 atom stereocenters. The fourth-order valence-corrected chi connectivity index (χ4v) is 2.11. The minimum absolute atomic E-state index is 0.614. The van der Waals surface area contributed by atoms with Crippen molar-refractivity contribution in [1.29, 1.82) is 0 Å². The monoisotopic (exact) mass is 212 g/mol. The molecule has 0 fully saturated rings. The summed E-state index contributed by atoms with van der Waals surface area (Å²) in [5, 5.41) is 10.5. The highest BCUT2D eigenvalue weighted by atomic mass is 32.2. The Balaban J connectivity index is 2.41. The number of thiophene rings is 1. The highest BCUT2D eigenvalue weighted by Gasteiger charge is 2.10. The van der Waals surface area contributed by atoms with Crippen LogP contribution < -0.4 is 0 Å². The molecule has 0 radical (unpaired) electrons. The summed E-state index contributed by atoms with van der Waals surface area (Å²) >= 11 is 3.08. The predicted molar refractivity (Wildman–Crippen MR) is 54.1 cm³/mol. The third-order valence-electron chi connectivity index (χ3n) is 1.64. The fourth-order valence-electron chi connectivity index (χ4n) is 0.976. The molecular weight excluding hydrogens is 204 g/mol. The molecule has 0 N–H and O–H groups in total. The van der Waals surface area contributed by atoms with Crippen molar-refractivity contribution in [2.45, 2.75) is 12.1 Å². The first-order valence-electron chi connectivity index (χ1n) is 3.73. The molecule has 0 aliphatic carbocycles. The Bertz CT molecular complexity index is 408. The Morgan fingerprint density at radius 1 is 1.46 bits per heavy atom. The second-order valence-electron chi connectivity index (χ2n) is 2.51. The molecular formula is C8H8N2OS2. The summed E-state index contributed by atoms with van der Waals surface area (Å²) in [6.07, 6.45) is 1.92. The van der Waals surface area contributed by atoms with E-state index in [1.165, 1.54) is 17.3 Å². The van der Waals surface area contributed by atoms with Crippen LogP contribution in [0.25, 0.3) is 10.8 Å². The average Bonchev–Trinajstić information content (AvgIpc) is 2.71. The lowest BCUT2D eigenvalue weighted by Gasteiger charge is -1.89. The van der Waals surface area contributed by atoms with Crippen molar-refractivity contribution in [2.75, 3.05) is 6.26 Å². The van der Waals surface area contributed by atoms with E-state index in [4.69, 9.17) is 4.42 Å². The quantitative estimate of drug-likeness (QED) is 0.717. The molecule has 0 saturated carbocycles. The van der Waals surface area contributed by atoms with Crippen LogP contribution in [0.15, 0.2) is 21.1 Å². The molecule has 2 aromatic heterocycles.